The standard InChI is InChI=1S/C24H29FN2O2/c25-21-8-6-18(7-9-21)16-22-10-11-23(26-22)20-12-14-27(15-13-20)24(28)29-17-19-4-2-1-3-5-19/h1-9,20,22-23,26H,10-17H2. The van der Waals surface area contributed by atoms with E-state index in [1.165, 1.54) is 24.1 Å². The lowest BCUT2D eigenvalue weighted by molar-refractivity contribution is 0.0787. The maximum atomic E-state index is 13.1. The van der Waals surface area contributed by atoms with Gasteiger partial charge in [-0.05, 0) is 61.3 Å². The van der Waals surface area contributed by atoms with Crippen LogP contribution in [-0.4, -0.2) is 36.2 Å². The van der Waals surface area contributed by atoms with E-state index in [4.69, 9.17) is 4.74 Å². The number of piperidine rings is 1. The predicted octanol–water partition coefficient (Wildman–Crippen LogP) is 4.54. The van der Waals surface area contributed by atoms with Gasteiger partial charge in [0.25, 0.3) is 0 Å². The van der Waals surface area contributed by atoms with Gasteiger partial charge in [-0.3, -0.25) is 0 Å². The number of carbonyl (C=O) groups excluding carboxylic acids is 1. The van der Waals surface area contributed by atoms with E-state index < -0.39 is 0 Å². The first kappa shape index (κ1) is 19.9. The van der Waals surface area contributed by atoms with Crippen molar-refractivity contribution >= 4 is 6.09 Å². The van der Waals surface area contributed by atoms with Gasteiger partial charge >= 0.3 is 6.09 Å². The van der Waals surface area contributed by atoms with Gasteiger partial charge in [0.1, 0.15) is 12.4 Å². The van der Waals surface area contributed by atoms with Gasteiger partial charge in [-0.15, -0.1) is 0 Å². The van der Waals surface area contributed by atoms with Gasteiger partial charge < -0.3 is 15.0 Å². The van der Waals surface area contributed by atoms with Gasteiger partial charge in [-0.25, -0.2) is 9.18 Å². The van der Waals surface area contributed by atoms with Gasteiger partial charge in [-0.1, -0.05) is 42.5 Å². The fourth-order valence-electron chi connectivity index (χ4n) is 4.58. The summed E-state index contributed by atoms with van der Waals surface area (Å²) >= 11 is 0. The fraction of sp³-hybridized carbons (Fsp3) is 0.458. The summed E-state index contributed by atoms with van der Waals surface area (Å²) in [5.74, 6) is 0.423. The lowest BCUT2D eigenvalue weighted by Gasteiger charge is -2.34. The lowest BCUT2D eigenvalue weighted by atomic mass is 9.89. The smallest absolute Gasteiger partial charge is 0.410 e. The molecule has 2 fully saturated rings. The van der Waals surface area contributed by atoms with Crippen LogP contribution in [0, 0.1) is 11.7 Å². The molecule has 5 heteroatoms. The molecule has 29 heavy (non-hydrogen) atoms. The molecule has 0 saturated carbocycles. The summed E-state index contributed by atoms with van der Waals surface area (Å²) in [7, 11) is 0. The second-order valence-electron chi connectivity index (χ2n) is 8.24. The molecule has 2 unspecified atom stereocenters. The highest BCUT2D eigenvalue weighted by molar-refractivity contribution is 5.67. The Morgan fingerprint density at radius 2 is 1.69 bits per heavy atom. The average Bonchev–Trinajstić information content (AvgIpc) is 3.23. The molecule has 0 aliphatic carbocycles. The monoisotopic (exact) mass is 396 g/mol. The van der Waals surface area contributed by atoms with Crippen LogP contribution in [0.3, 0.4) is 0 Å². The minimum absolute atomic E-state index is 0.180. The van der Waals surface area contributed by atoms with Gasteiger partial charge in [0.2, 0.25) is 0 Å². The van der Waals surface area contributed by atoms with Gasteiger partial charge in [0.05, 0.1) is 0 Å². The van der Waals surface area contributed by atoms with Crippen molar-refractivity contribution in [2.24, 2.45) is 5.92 Å². The van der Waals surface area contributed by atoms with E-state index in [0.29, 0.717) is 24.6 Å². The summed E-state index contributed by atoms with van der Waals surface area (Å²) in [5, 5.41) is 3.79. The first-order valence-corrected chi connectivity index (χ1v) is 10.6. The van der Waals surface area contributed by atoms with Crippen molar-refractivity contribution in [3.05, 3.63) is 71.5 Å². The molecule has 2 heterocycles. The normalized spacial score (nSPS) is 22.6. The number of likely N-dealkylation sites (tertiary alicyclic amines) is 1. The Kier molecular flexibility index (Phi) is 6.45. The molecule has 0 spiro atoms. The SMILES string of the molecule is O=C(OCc1ccccc1)N1CCC(C2CCC(Cc3ccc(F)cc3)N2)CC1. The second-order valence-corrected chi connectivity index (χ2v) is 8.24. The third-order valence-corrected chi connectivity index (χ3v) is 6.24. The van der Waals surface area contributed by atoms with E-state index in [1.807, 2.05) is 47.4 Å². The highest BCUT2D eigenvalue weighted by Gasteiger charge is 2.33. The molecule has 4 rings (SSSR count). The summed E-state index contributed by atoms with van der Waals surface area (Å²) in [5.41, 5.74) is 2.19. The van der Waals surface area contributed by atoms with Gasteiger partial charge in [0.15, 0.2) is 0 Å². The number of ether oxygens (including phenoxy) is 1. The second kappa shape index (κ2) is 9.40. The number of hydrogen-bond donors (Lipinski definition) is 1. The molecule has 2 atom stereocenters. The molecule has 0 aromatic heterocycles. The molecule has 2 aromatic carbocycles. The van der Waals surface area contributed by atoms with Crippen molar-refractivity contribution in [2.45, 2.75) is 50.8 Å². The molecular weight excluding hydrogens is 367 g/mol. The number of hydrogen-bond acceptors (Lipinski definition) is 3. The number of nitrogens with zero attached hydrogens (tertiary/aromatic N) is 1. The molecule has 2 aromatic rings. The average molecular weight is 397 g/mol. The summed E-state index contributed by atoms with van der Waals surface area (Å²) in [6.07, 6.45) is 5.10. The number of carbonyl (C=O) groups is 1. The van der Waals surface area contributed by atoms with Gasteiger partial charge in [-0.2, -0.15) is 0 Å². The molecule has 0 radical (unpaired) electrons. The minimum Gasteiger partial charge on any atom is -0.445 e. The van der Waals surface area contributed by atoms with Crippen LogP contribution in [0.1, 0.15) is 36.8 Å². The first-order valence-electron chi connectivity index (χ1n) is 10.6. The minimum atomic E-state index is -0.208. The van der Waals surface area contributed by atoms with Crippen LogP contribution in [0.15, 0.2) is 54.6 Å². The Balaban J connectivity index is 1.19. The quantitative estimate of drug-likeness (QED) is 0.807. The van der Waals surface area contributed by atoms with Crippen LogP contribution in [-0.2, 0) is 17.8 Å². The highest BCUT2D eigenvalue weighted by atomic mass is 19.1. The van der Waals surface area contributed by atoms with Crippen LogP contribution >= 0.6 is 0 Å². The number of nitrogens with one attached hydrogen (secondary N) is 1. The van der Waals surface area contributed by atoms with Crippen molar-refractivity contribution in [3.63, 3.8) is 0 Å². The van der Waals surface area contributed by atoms with Crippen molar-refractivity contribution in [1.82, 2.24) is 10.2 Å². The van der Waals surface area contributed by atoms with Crippen molar-refractivity contribution in [1.29, 1.82) is 0 Å². The third kappa shape index (κ3) is 5.36. The maximum absolute atomic E-state index is 13.1. The summed E-state index contributed by atoms with van der Waals surface area (Å²) in [6, 6.07) is 17.6. The number of benzene rings is 2. The molecule has 0 bridgehead atoms. The van der Waals surface area contributed by atoms with E-state index >= 15 is 0 Å². The molecular formula is C24H29FN2O2. The van der Waals surface area contributed by atoms with Crippen molar-refractivity contribution in [2.75, 3.05) is 13.1 Å². The van der Waals surface area contributed by atoms with E-state index in [2.05, 4.69) is 5.32 Å². The Hall–Kier alpha value is -2.40. The topological polar surface area (TPSA) is 41.6 Å². The zero-order valence-electron chi connectivity index (χ0n) is 16.7. The molecule has 154 valence electrons. The summed E-state index contributed by atoms with van der Waals surface area (Å²) in [6.45, 7) is 1.85. The maximum Gasteiger partial charge on any atom is 0.410 e. The molecule has 2 aliphatic rings. The Bertz CT molecular complexity index is 788. The Morgan fingerprint density at radius 1 is 0.966 bits per heavy atom. The number of rotatable bonds is 5. The third-order valence-electron chi connectivity index (χ3n) is 6.24. The molecule has 2 saturated heterocycles. The van der Waals surface area contributed by atoms with Crippen LogP contribution < -0.4 is 5.32 Å². The van der Waals surface area contributed by atoms with Gasteiger partial charge in [0, 0.05) is 25.2 Å². The molecule has 2 aliphatic heterocycles. The highest BCUT2D eigenvalue weighted by Crippen LogP contribution is 2.29. The summed E-state index contributed by atoms with van der Waals surface area (Å²) < 4.78 is 18.5. The largest absolute Gasteiger partial charge is 0.445 e. The van der Waals surface area contributed by atoms with E-state index in [-0.39, 0.29) is 11.9 Å². The Labute approximate surface area is 172 Å². The Morgan fingerprint density at radius 3 is 2.41 bits per heavy atom. The molecule has 1 amide bonds. The molecule has 4 nitrogen and oxygen atoms in total. The molecule has 1 N–H and O–H groups in total. The lowest BCUT2D eigenvalue weighted by Crippen LogP contribution is -2.44. The number of halogens is 1. The van der Waals surface area contributed by atoms with E-state index in [1.54, 1.807) is 0 Å². The zero-order valence-corrected chi connectivity index (χ0v) is 16.7. The predicted molar refractivity (Wildman–Crippen MR) is 111 cm³/mol. The first-order chi connectivity index (χ1) is 14.2. The van der Waals surface area contributed by atoms with Crippen LogP contribution in [0.4, 0.5) is 9.18 Å². The van der Waals surface area contributed by atoms with E-state index in [0.717, 1.165) is 44.3 Å². The summed E-state index contributed by atoms with van der Waals surface area (Å²) in [4.78, 5) is 14.2. The van der Waals surface area contributed by atoms with Crippen LogP contribution in [0.25, 0.3) is 0 Å². The number of amides is 1. The zero-order chi connectivity index (χ0) is 20.1. The van der Waals surface area contributed by atoms with Crippen molar-refractivity contribution < 1.29 is 13.9 Å². The van der Waals surface area contributed by atoms with Crippen LogP contribution in [0.2, 0.25) is 0 Å². The van der Waals surface area contributed by atoms with E-state index in [9.17, 15) is 9.18 Å². The van der Waals surface area contributed by atoms with Crippen molar-refractivity contribution in [3.8, 4) is 0 Å². The van der Waals surface area contributed by atoms with Crippen LogP contribution in [0.5, 0.6) is 0 Å². The fourth-order valence-corrected chi connectivity index (χ4v) is 4.58.